The number of benzene rings is 1. The highest BCUT2D eigenvalue weighted by Crippen LogP contribution is 2.27. The molecule has 0 bridgehead atoms. The summed E-state index contributed by atoms with van der Waals surface area (Å²) in [5.41, 5.74) is 2.14. The second-order valence-electron chi connectivity index (χ2n) is 6.04. The van der Waals surface area contributed by atoms with E-state index in [0.29, 0.717) is 23.6 Å². The number of piperidine rings is 1. The Morgan fingerprint density at radius 1 is 1.40 bits per heavy atom. The van der Waals surface area contributed by atoms with Crippen molar-refractivity contribution in [2.24, 2.45) is 5.92 Å². The summed E-state index contributed by atoms with van der Waals surface area (Å²) in [6, 6.07) is 6.37. The Hall–Kier alpha value is -1.55. The van der Waals surface area contributed by atoms with Crippen molar-refractivity contribution in [1.82, 2.24) is 4.90 Å². The van der Waals surface area contributed by atoms with Gasteiger partial charge in [-0.05, 0) is 50.9 Å². The lowest BCUT2D eigenvalue weighted by atomic mass is 9.89. The van der Waals surface area contributed by atoms with Crippen LogP contribution in [0.25, 0.3) is 0 Å². The summed E-state index contributed by atoms with van der Waals surface area (Å²) in [5, 5.41) is 12.7. The Labute approximate surface area is 120 Å². The fraction of sp³-hybridized carbons (Fsp3) is 0.562. The maximum Gasteiger partial charge on any atom is 0.336 e. The number of hydrogen-bond acceptors (Lipinski definition) is 3. The van der Waals surface area contributed by atoms with Crippen molar-refractivity contribution in [3.05, 3.63) is 29.3 Å². The van der Waals surface area contributed by atoms with Gasteiger partial charge in [0.25, 0.3) is 0 Å². The van der Waals surface area contributed by atoms with E-state index in [1.807, 2.05) is 19.1 Å². The molecule has 1 aromatic carbocycles. The molecular formula is C16H24N2O2. The van der Waals surface area contributed by atoms with Crippen LogP contribution in [-0.2, 0) is 0 Å². The Kier molecular flexibility index (Phi) is 4.33. The van der Waals surface area contributed by atoms with E-state index in [1.54, 1.807) is 6.07 Å². The normalized spacial score (nSPS) is 27.3. The molecule has 1 fully saturated rings. The number of carboxylic acids is 1. The van der Waals surface area contributed by atoms with E-state index in [-0.39, 0.29) is 0 Å². The summed E-state index contributed by atoms with van der Waals surface area (Å²) in [6.07, 6.45) is 1.08. The summed E-state index contributed by atoms with van der Waals surface area (Å²) in [4.78, 5) is 13.6. The number of carboxylic acid groups (broad SMARTS) is 1. The Balaban J connectivity index is 2.18. The molecule has 1 aliphatic heterocycles. The van der Waals surface area contributed by atoms with Crippen LogP contribution < -0.4 is 5.32 Å². The number of carbonyl (C=O) groups is 1. The zero-order chi connectivity index (χ0) is 14.9. The summed E-state index contributed by atoms with van der Waals surface area (Å²) in [6.45, 7) is 7.42. The van der Waals surface area contributed by atoms with Gasteiger partial charge >= 0.3 is 5.97 Å². The number of rotatable bonds is 3. The summed E-state index contributed by atoms with van der Waals surface area (Å²) in [7, 11) is 2.16. The van der Waals surface area contributed by atoms with Crippen LogP contribution in [0, 0.1) is 12.8 Å². The minimum atomic E-state index is -0.865. The molecule has 3 atom stereocenters. The van der Waals surface area contributed by atoms with Crippen LogP contribution in [0.5, 0.6) is 0 Å². The Morgan fingerprint density at radius 2 is 2.10 bits per heavy atom. The minimum Gasteiger partial charge on any atom is -0.478 e. The number of nitrogens with one attached hydrogen (secondary N) is 1. The molecule has 0 aliphatic carbocycles. The molecule has 110 valence electrons. The molecule has 1 aromatic rings. The number of likely N-dealkylation sites (tertiary alicyclic amines) is 1. The maximum absolute atomic E-state index is 11.2. The first-order valence-electron chi connectivity index (χ1n) is 7.19. The number of hydrogen-bond donors (Lipinski definition) is 2. The lowest BCUT2D eigenvalue weighted by molar-refractivity contribution is 0.0696. The van der Waals surface area contributed by atoms with Crippen LogP contribution in [0.15, 0.2) is 18.2 Å². The molecule has 0 amide bonds. The molecule has 4 nitrogen and oxygen atoms in total. The van der Waals surface area contributed by atoms with E-state index in [9.17, 15) is 9.90 Å². The highest BCUT2D eigenvalue weighted by atomic mass is 16.4. The molecule has 0 spiro atoms. The molecule has 4 heteroatoms. The molecular weight excluding hydrogens is 252 g/mol. The van der Waals surface area contributed by atoms with Crippen molar-refractivity contribution >= 4 is 11.7 Å². The lowest BCUT2D eigenvalue weighted by Crippen LogP contribution is -2.48. The van der Waals surface area contributed by atoms with Gasteiger partial charge in [-0.2, -0.15) is 0 Å². The molecule has 1 saturated heterocycles. The third-order valence-electron chi connectivity index (χ3n) is 4.52. The second kappa shape index (κ2) is 5.83. The van der Waals surface area contributed by atoms with Gasteiger partial charge in [0.2, 0.25) is 0 Å². The first-order valence-corrected chi connectivity index (χ1v) is 7.19. The fourth-order valence-corrected chi connectivity index (χ4v) is 2.97. The van der Waals surface area contributed by atoms with E-state index < -0.39 is 5.97 Å². The largest absolute Gasteiger partial charge is 0.478 e. The summed E-state index contributed by atoms with van der Waals surface area (Å²) >= 11 is 0. The van der Waals surface area contributed by atoms with Gasteiger partial charge in [0.15, 0.2) is 0 Å². The van der Waals surface area contributed by atoms with Gasteiger partial charge in [-0.1, -0.05) is 13.0 Å². The third-order valence-corrected chi connectivity index (χ3v) is 4.52. The monoisotopic (exact) mass is 276 g/mol. The molecule has 1 aliphatic rings. The highest BCUT2D eigenvalue weighted by Gasteiger charge is 2.29. The standard InChI is InChI=1S/C16H24N2O2/c1-10-9-18(4)11(2)8-15(10)17-14-7-5-6-13(12(14)3)16(19)20/h5-7,10-11,15,17H,8-9H2,1-4H3,(H,19,20). The van der Waals surface area contributed by atoms with E-state index in [1.165, 1.54) is 0 Å². The minimum absolute atomic E-state index is 0.378. The number of anilines is 1. The molecule has 1 heterocycles. The molecule has 0 aromatic heterocycles. The van der Waals surface area contributed by atoms with Gasteiger partial charge in [-0.3, -0.25) is 0 Å². The van der Waals surface area contributed by atoms with Crippen molar-refractivity contribution in [2.75, 3.05) is 18.9 Å². The van der Waals surface area contributed by atoms with Crippen LogP contribution >= 0.6 is 0 Å². The van der Waals surface area contributed by atoms with Gasteiger partial charge in [0.05, 0.1) is 5.56 Å². The van der Waals surface area contributed by atoms with Gasteiger partial charge in [0, 0.05) is 24.3 Å². The van der Waals surface area contributed by atoms with Crippen molar-refractivity contribution in [1.29, 1.82) is 0 Å². The smallest absolute Gasteiger partial charge is 0.336 e. The van der Waals surface area contributed by atoms with Crippen LogP contribution in [0.2, 0.25) is 0 Å². The SMILES string of the molecule is Cc1c(NC2CC(C)N(C)CC2C)cccc1C(=O)O. The topological polar surface area (TPSA) is 52.6 Å². The molecule has 2 N–H and O–H groups in total. The Morgan fingerprint density at radius 3 is 2.75 bits per heavy atom. The molecule has 2 rings (SSSR count). The van der Waals surface area contributed by atoms with Crippen LogP contribution in [0.3, 0.4) is 0 Å². The van der Waals surface area contributed by atoms with Crippen molar-refractivity contribution in [3.8, 4) is 0 Å². The zero-order valence-electron chi connectivity index (χ0n) is 12.7. The lowest BCUT2D eigenvalue weighted by Gasteiger charge is -2.40. The average Bonchev–Trinajstić information content (AvgIpc) is 2.37. The molecule has 3 unspecified atom stereocenters. The van der Waals surface area contributed by atoms with Gasteiger partial charge in [0.1, 0.15) is 0 Å². The van der Waals surface area contributed by atoms with E-state index in [0.717, 1.165) is 24.2 Å². The predicted molar refractivity (Wildman–Crippen MR) is 81.4 cm³/mol. The predicted octanol–water partition coefficient (Wildman–Crippen LogP) is 2.83. The quantitative estimate of drug-likeness (QED) is 0.891. The first-order chi connectivity index (χ1) is 9.40. The van der Waals surface area contributed by atoms with Crippen LogP contribution in [-0.4, -0.2) is 41.7 Å². The number of aromatic carboxylic acids is 1. The van der Waals surface area contributed by atoms with Gasteiger partial charge in [-0.25, -0.2) is 4.79 Å². The van der Waals surface area contributed by atoms with Gasteiger partial charge < -0.3 is 15.3 Å². The van der Waals surface area contributed by atoms with Crippen molar-refractivity contribution in [2.45, 2.75) is 39.3 Å². The molecule has 0 radical (unpaired) electrons. The highest BCUT2D eigenvalue weighted by molar-refractivity contribution is 5.91. The summed E-state index contributed by atoms with van der Waals surface area (Å²) in [5.74, 6) is -0.319. The third kappa shape index (κ3) is 2.96. The van der Waals surface area contributed by atoms with Crippen molar-refractivity contribution < 1.29 is 9.90 Å². The summed E-state index contributed by atoms with van der Waals surface area (Å²) < 4.78 is 0. The average molecular weight is 276 g/mol. The van der Waals surface area contributed by atoms with E-state index >= 15 is 0 Å². The van der Waals surface area contributed by atoms with Crippen LogP contribution in [0.4, 0.5) is 5.69 Å². The van der Waals surface area contributed by atoms with Gasteiger partial charge in [-0.15, -0.1) is 0 Å². The van der Waals surface area contributed by atoms with E-state index in [4.69, 9.17) is 0 Å². The molecule has 0 saturated carbocycles. The maximum atomic E-state index is 11.2. The Bertz CT molecular complexity index is 501. The van der Waals surface area contributed by atoms with E-state index in [2.05, 4.69) is 31.1 Å². The second-order valence-corrected chi connectivity index (χ2v) is 6.04. The van der Waals surface area contributed by atoms with Crippen LogP contribution in [0.1, 0.15) is 36.2 Å². The molecule has 20 heavy (non-hydrogen) atoms. The zero-order valence-corrected chi connectivity index (χ0v) is 12.7. The van der Waals surface area contributed by atoms with Crippen molar-refractivity contribution in [3.63, 3.8) is 0 Å². The fourth-order valence-electron chi connectivity index (χ4n) is 2.97. The first kappa shape index (κ1) is 14.9. The number of nitrogens with zero attached hydrogens (tertiary/aromatic N) is 1.